The lowest BCUT2D eigenvalue weighted by molar-refractivity contribution is 0.586. The van der Waals surface area contributed by atoms with E-state index in [2.05, 4.69) is 10.2 Å². The lowest BCUT2D eigenvalue weighted by atomic mass is 10.3. The topological polar surface area (TPSA) is 34.0 Å². The van der Waals surface area contributed by atoms with Crippen LogP contribution in [0.5, 0.6) is 5.75 Å². The van der Waals surface area contributed by atoms with Gasteiger partial charge >= 0.3 is 0 Å². The van der Waals surface area contributed by atoms with Crippen LogP contribution in [-0.2, 0) is 0 Å². The number of rotatable bonds is 2. The van der Waals surface area contributed by atoms with Crippen molar-refractivity contribution >= 4 is 27.1 Å². The molecule has 1 aliphatic heterocycles. The van der Waals surface area contributed by atoms with Crippen LogP contribution in [0.4, 0.5) is 0 Å². The first-order valence-corrected chi connectivity index (χ1v) is 5.19. The molecule has 0 bridgehead atoms. The summed E-state index contributed by atoms with van der Waals surface area (Å²) in [5, 5.41) is 7.45. The van der Waals surface area contributed by atoms with Crippen LogP contribution >= 0.6 is 10.5 Å². The molecule has 1 aromatic rings. The number of nitrogens with zero attached hydrogens (tertiary/aromatic N) is 2. The van der Waals surface area contributed by atoms with Crippen molar-refractivity contribution in [3.63, 3.8) is 0 Å². The van der Waals surface area contributed by atoms with Crippen molar-refractivity contribution in [2.75, 3.05) is 0 Å². The van der Waals surface area contributed by atoms with Crippen LogP contribution < -0.4 is 4.74 Å². The molecule has 0 fully saturated rings. The molecule has 0 atom stereocenters. The lowest BCUT2D eigenvalue weighted by Gasteiger charge is -1.98. The van der Waals surface area contributed by atoms with E-state index in [0.717, 1.165) is 5.75 Å². The molecule has 0 saturated heterocycles. The second-order valence-electron chi connectivity index (χ2n) is 2.38. The standard InChI is InChI=1S/C9H8N2OS/c1-2-4-9(5-3-1)12-8-13-6-10-11-7-13/h1-8H. The van der Waals surface area contributed by atoms with E-state index < -0.39 is 0 Å². The molecule has 0 saturated carbocycles. The van der Waals surface area contributed by atoms with Gasteiger partial charge in [-0.2, -0.15) is 10.2 Å². The minimum absolute atomic E-state index is 0.158. The Labute approximate surface area is 78.7 Å². The molecule has 0 N–H and O–H groups in total. The molecular formula is C9H8N2OS. The number of benzene rings is 1. The largest absolute Gasteiger partial charge is 0.458 e. The highest BCUT2D eigenvalue weighted by Gasteiger charge is 1.93. The smallest absolute Gasteiger partial charge is 0.127 e. The molecule has 0 aliphatic carbocycles. The third-order valence-corrected chi connectivity index (χ3v) is 2.44. The van der Waals surface area contributed by atoms with Gasteiger partial charge in [-0.15, -0.1) is 0 Å². The van der Waals surface area contributed by atoms with Gasteiger partial charge in [-0.05, 0) is 12.1 Å². The third kappa shape index (κ3) is 2.26. The zero-order valence-corrected chi connectivity index (χ0v) is 7.65. The number of hydrogen-bond donors (Lipinski definition) is 0. The fourth-order valence-electron chi connectivity index (χ4n) is 0.850. The minimum atomic E-state index is -0.158. The van der Waals surface area contributed by atoms with E-state index in [1.165, 1.54) is 0 Å². The molecule has 0 spiro atoms. The Morgan fingerprint density at radius 1 is 1.08 bits per heavy atom. The van der Waals surface area contributed by atoms with Crippen LogP contribution in [0.2, 0.25) is 0 Å². The molecule has 1 aliphatic rings. The summed E-state index contributed by atoms with van der Waals surface area (Å²) >= 11 is 0. The van der Waals surface area contributed by atoms with Gasteiger partial charge in [0.2, 0.25) is 0 Å². The van der Waals surface area contributed by atoms with Crippen molar-refractivity contribution in [1.82, 2.24) is 0 Å². The molecule has 4 heteroatoms. The second kappa shape index (κ2) is 4.00. The first-order valence-electron chi connectivity index (χ1n) is 3.77. The highest BCUT2D eigenvalue weighted by molar-refractivity contribution is 8.36. The monoisotopic (exact) mass is 192 g/mol. The SMILES string of the molecule is C1=NN=CS1=COc1ccccc1. The van der Waals surface area contributed by atoms with Crippen LogP contribution in [0.15, 0.2) is 40.5 Å². The maximum Gasteiger partial charge on any atom is 0.127 e. The van der Waals surface area contributed by atoms with Gasteiger partial charge in [0.05, 0.1) is 11.1 Å². The van der Waals surface area contributed by atoms with Gasteiger partial charge in [0.15, 0.2) is 0 Å². The summed E-state index contributed by atoms with van der Waals surface area (Å²) in [6.07, 6.45) is 0. The lowest BCUT2D eigenvalue weighted by Crippen LogP contribution is -1.89. The Morgan fingerprint density at radius 3 is 2.46 bits per heavy atom. The third-order valence-electron chi connectivity index (χ3n) is 1.44. The second-order valence-corrected chi connectivity index (χ2v) is 3.81. The first kappa shape index (κ1) is 8.19. The Balaban J connectivity index is 2.04. The molecule has 0 unspecified atom stereocenters. The molecule has 1 heterocycles. The molecule has 0 amide bonds. The van der Waals surface area contributed by atoms with Gasteiger partial charge in [-0.25, -0.2) is 0 Å². The average molecular weight is 192 g/mol. The number of ether oxygens (including phenoxy) is 1. The maximum absolute atomic E-state index is 5.39. The highest BCUT2D eigenvalue weighted by atomic mass is 32.2. The molecular weight excluding hydrogens is 184 g/mol. The predicted octanol–water partition coefficient (Wildman–Crippen LogP) is 2.08. The van der Waals surface area contributed by atoms with Gasteiger partial charge in [0, 0.05) is 0 Å². The van der Waals surface area contributed by atoms with E-state index >= 15 is 0 Å². The van der Waals surface area contributed by atoms with Gasteiger partial charge < -0.3 is 4.74 Å². The van der Waals surface area contributed by atoms with Gasteiger partial charge in [-0.1, -0.05) is 28.7 Å². The maximum atomic E-state index is 5.39. The molecule has 0 aromatic heterocycles. The van der Waals surface area contributed by atoms with E-state index in [1.807, 2.05) is 30.3 Å². The zero-order chi connectivity index (χ0) is 8.93. The minimum Gasteiger partial charge on any atom is -0.458 e. The number of para-hydroxylation sites is 1. The van der Waals surface area contributed by atoms with Crippen molar-refractivity contribution in [2.24, 2.45) is 10.2 Å². The van der Waals surface area contributed by atoms with Crippen molar-refractivity contribution in [3.8, 4) is 5.75 Å². The Morgan fingerprint density at radius 2 is 1.77 bits per heavy atom. The van der Waals surface area contributed by atoms with Crippen LogP contribution in [0.3, 0.4) is 0 Å². The molecule has 13 heavy (non-hydrogen) atoms. The summed E-state index contributed by atoms with van der Waals surface area (Å²) < 4.78 is 5.39. The molecule has 2 rings (SSSR count). The van der Waals surface area contributed by atoms with Crippen molar-refractivity contribution < 1.29 is 4.74 Å². The van der Waals surface area contributed by atoms with E-state index in [1.54, 1.807) is 16.6 Å². The average Bonchev–Trinajstić information content (AvgIpc) is 2.69. The van der Waals surface area contributed by atoms with Gasteiger partial charge in [0.1, 0.15) is 11.3 Å². The van der Waals surface area contributed by atoms with Crippen LogP contribution in [0.1, 0.15) is 0 Å². The molecule has 3 nitrogen and oxygen atoms in total. The van der Waals surface area contributed by atoms with Crippen molar-refractivity contribution in [1.29, 1.82) is 0 Å². The highest BCUT2D eigenvalue weighted by Crippen LogP contribution is 2.12. The molecule has 66 valence electrons. The van der Waals surface area contributed by atoms with Crippen LogP contribution in [0.25, 0.3) is 0 Å². The van der Waals surface area contributed by atoms with E-state index in [9.17, 15) is 0 Å². The van der Waals surface area contributed by atoms with Crippen LogP contribution in [0, 0.1) is 0 Å². The summed E-state index contributed by atoms with van der Waals surface area (Å²) in [5.74, 6) is 0.837. The summed E-state index contributed by atoms with van der Waals surface area (Å²) in [4.78, 5) is 0. The van der Waals surface area contributed by atoms with E-state index in [0.29, 0.717) is 0 Å². The fourth-order valence-corrected chi connectivity index (χ4v) is 1.55. The summed E-state index contributed by atoms with van der Waals surface area (Å²) in [6.45, 7) is 0. The van der Waals surface area contributed by atoms with E-state index in [4.69, 9.17) is 4.74 Å². The van der Waals surface area contributed by atoms with E-state index in [-0.39, 0.29) is 10.5 Å². The molecule has 1 aromatic carbocycles. The summed E-state index contributed by atoms with van der Waals surface area (Å²) in [6, 6.07) is 9.63. The zero-order valence-electron chi connectivity index (χ0n) is 6.83. The fraction of sp³-hybridized carbons (Fsp3) is 0. The van der Waals surface area contributed by atoms with Crippen molar-refractivity contribution in [3.05, 3.63) is 30.3 Å². The van der Waals surface area contributed by atoms with Gasteiger partial charge in [0.25, 0.3) is 0 Å². The predicted molar refractivity (Wildman–Crippen MR) is 57.7 cm³/mol. The Kier molecular flexibility index (Phi) is 2.52. The van der Waals surface area contributed by atoms with Crippen LogP contribution in [-0.4, -0.2) is 16.6 Å². The summed E-state index contributed by atoms with van der Waals surface area (Å²) in [7, 11) is -0.158. The normalized spacial score (nSPS) is 14.8. The Bertz CT molecular complexity index is 356. The quantitative estimate of drug-likeness (QED) is 0.660. The van der Waals surface area contributed by atoms with Crippen molar-refractivity contribution in [2.45, 2.75) is 0 Å². The summed E-state index contributed by atoms with van der Waals surface area (Å²) in [5.41, 5.74) is 5.24. The van der Waals surface area contributed by atoms with Gasteiger partial charge in [-0.3, -0.25) is 0 Å². The molecule has 0 radical (unpaired) electrons. The Hall–Kier alpha value is -1.42. The first-order chi connectivity index (χ1) is 6.45. The number of hydrogen-bond acceptors (Lipinski definition) is 3.